The van der Waals surface area contributed by atoms with Crippen LogP contribution in [0.3, 0.4) is 0 Å². The van der Waals surface area contributed by atoms with Crippen LogP contribution >= 0.6 is 0 Å². The van der Waals surface area contributed by atoms with Crippen LogP contribution in [-0.2, 0) is 16.6 Å². The third-order valence-electron chi connectivity index (χ3n) is 5.03. The number of hydrogen-bond acceptors (Lipinski definition) is 6. The van der Waals surface area contributed by atoms with Crippen molar-refractivity contribution >= 4 is 27.6 Å². The molecule has 4 rings (SSSR count). The molecule has 0 spiro atoms. The first-order valence-corrected chi connectivity index (χ1v) is 12.3. The van der Waals surface area contributed by atoms with E-state index in [-0.39, 0.29) is 23.4 Å². The molecule has 0 saturated carbocycles. The van der Waals surface area contributed by atoms with Crippen LogP contribution in [0.5, 0.6) is 5.75 Å². The molecule has 8 nitrogen and oxygen atoms in total. The molecular weight excluding hydrogens is 464 g/mol. The van der Waals surface area contributed by atoms with Crippen molar-refractivity contribution in [2.75, 3.05) is 10.0 Å². The lowest BCUT2D eigenvalue weighted by atomic mass is 10.1. The maximum absolute atomic E-state index is 12.9. The number of anilines is 2. The molecule has 9 heteroatoms. The first-order valence-electron chi connectivity index (χ1n) is 10.8. The highest BCUT2D eigenvalue weighted by Crippen LogP contribution is 2.19. The van der Waals surface area contributed by atoms with Crippen LogP contribution in [0, 0.1) is 13.8 Å². The van der Waals surface area contributed by atoms with Gasteiger partial charge in [-0.25, -0.2) is 23.1 Å². The number of aromatic nitrogens is 2. The number of para-hydroxylation sites is 1. The average molecular weight is 489 g/mol. The fourth-order valence-electron chi connectivity index (χ4n) is 3.41. The third-order valence-corrected chi connectivity index (χ3v) is 6.37. The Bertz CT molecular complexity index is 1420. The van der Waals surface area contributed by atoms with Crippen molar-refractivity contribution in [2.24, 2.45) is 0 Å². The van der Waals surface area contributed by atoms with Gasteiger partial charge < -0.3 is 10.1 Å². The van der Waals surface area contributed by atoms with E-state index in [4.69, 9.17) is 4.74 Å². The molecule has 1 aromatic heterocycles. The van der Waals surface area contributed by atoms with E-state index in [1.807, 2.05) is 42.5 Å². The number of hydrogen-bond donors (Lipinski definition) is 2. The van der Waals surface area contributed by atoms with Crippen molar-refractivity contribution in [3.63, 3.8) is 0 Å². The summed E-state index contributed by atoms with van der Waals surface area (Å²) in [5.41, 5.74) is 2.96. The fourth-order valence-corrected chi connectivity index (χ4v) is 4.36. The van der Waals surface area contributed by atoms with Crippen molar-refractivity contribution in [3.8, 4) is 5.75 Å². The van der Waals surface area contributed by atoms with Gasteiger partial charge >= 0.3 is 0 Å². The Balaban J connectivity index is 1.45. The summed E-state index contributed by atoms with van der Waals surface area (Å²) in [6.07, 6.45) is 0. The van der Waals surface area contributed by atoms with Crippen LogP contribution in [0.15, 0.2) is 89.8 Å². The van der Waals surface area contributed by atoms with Gasteiger partial charge in [-0.1, -0.05) is 36.4 Å². The summed E-state index contributed by atoms with van der Waals surface area (Å²) >= 11 is 0. The largest absolute Gasteiger partial charge is 0.489 e. The van der Waals surface area contributed by atoms with Crippen molar-refractivity contribution in [2.45, 2.75) is 25.3 Å². The zero-order valence-corrected chi connectivity index (χ0v) is 20.0. The maximum atomic E-state index is 12.9. The lowest BCUT2D eigenvalue weighted by Crippen LogP contribution is -2.17. The molecule has 0 atom stereocenters. The third kappa shape index (κ3) is 6.21. The first kappa shape index (κ1) is 23.9. The van der Waals surface area contributed by atoms with Gasteiger partial charge in [-0.05, 0) is 62.4 Å². The van der Waals surface area contributed by atoms with E-state index in [1.54, 1.807) is 32.0 Å². The number of nitrogens with one attached hydrogen (secondary N) is 2. The summed E-state index contributed by atoms with van der Waals surface area (Å²) in [4.78, 5) is 21.2. The Morgan fingerprint density at radius 3 is 2.17 bits per heavy atom. The minimum Gasteiger partial charge on any atom is -0.489 e. The highest BCUT2D eigenvalue weighted by molar-refractivity contribution is 7.92. The minimum absolute atomic E-state index is 0.00853. The normalized spacial score (nSPS) is 11.0. The number of benzene rings is 3. The molecular formula is C26H24N4O4S. The molecule has 0 radical (unpaired) electrons. The topological polar surface area (TPSA) is 110 Å². The van der Waals surface area contributed by atoms with E-state index < -0.39 is 10.0 Å². The second kappa shape index (κ2) is 10.4. The standard InChI is InChI=1S/C26H24N4O4S/c1-18-16-19(2)28-26(27-18)30-35(32,33)23-14-12-21(13-15-23)29-25(31)24-11-7-6-8-20(24)17-34-22-9-4-3-5-10-22/h3-16H,17H2,1-2H3,(H,29,31)(H,27,28,30). The molecule has 0 aliphatic carbocycles. The lowest BCUT2D eigenvalue weighted by molar-refractivity contribution is 0.102. The molecule has 35 heavy (non-hydrogen) atoms. The van der Waals surface area contributed by atoms with Gasteiger partial charge in [0, 0.05) is 28.2 Å². The van der Waals surface area contributed by atoms with Gasteiger partial charge in [-0.3, -0.25) is 4.79 Å². The van der Waals surface area contributed by atoms with Gasteiger partial charge in [-0.15, -0.1) is 0 Å². The number of sulfonamides is 1. The second-order valence-corrected chi connectivity index (χ2v) is 9.50. The summed E-state index contributed by atoms with van der Waals surface area (Å²) in [6, 6.07) is 24.1. The summed E-state index contributed by atoms with van der Waals surface area (Å²) < 4.78 is 33.6. The molecule has 2 N–H and O–H groups in total. The summed E-state index contributed by atoms with van der Waals surface area (Å²) in [5, 5.41) is 2.81. The summed E-state index contributed by atoms with van der Waals surface area (Å²) in [6.45, 7) is 3.75. The Hall–Kier alpha value is -4.24. The number of nitrogens with zero attached hydrogens (tertiary/aromatic N) is 2. The van der Waals surface area contributed by atoms with Crippen LogP contribution in [-0.4, -0.2) is 24.3 Å². The molecule has 0 unspecified atom stereocenters. The van der Waals surface area contributed by atoms with Crippen molar-refractivity contribution < 1.29 is 17.9 Å². The van der Waals surface area contributed by atoms with Crippen molar-refractivity contribution in [1.82, 2.24) is 9.97 Å². The van der Waals surface area contributed by atoms with Gasteiger partial charge in [0.1, 0.15) is 12.4 Å². The predicted molar refractivity (Wildman–Crippen MR) is 134 cm³/mol. The minimum atomic E-state index is -3.89. The lowest BCUT2D eigenvalue weighted by Gasteiger charge is -2.12. The molecule has 0 aliphatic heterocycles. The number of amides is 1. The molecule has 0 saturated heterocycles. The van der Waals surface area contributed by atoms with Crippen LogP contribution in [0.25, 0.3) is 0 Å². The van der Waals surface area contributed by atoms with Crippen molar-refractivity contribution in [3.05, 3.63) is 107 Å². The zero-order valence-electron chi connectivity index (χ0n) is 19.2. The molecule has 1 heterocycles. The SMILES string of the molecule is Cc1cc(C)nc(NS(=O)(=O)c2ccc(NC(=O)c3ccccc3COc3ccccc3)cc2)n1. The molecule has 0 bridgehead atoms. The van der Waals surface area contributed by atoms with E-state index in [1.165, 1.54) is 24.3 Å². The predicted octanol–water partition coefficient (Wildman–Crippen LogP) is 4.73. The van der Waals surface area contributed by atoms with Gasteiger partial charge in [-0.2, -0.15) is 0 Å². The Morgan fingerprint density at radius 2 is 1.49 bits per heavy atom. The summed E-state index contributed by atoms with van der Waals surface area (Å²) in [7, 11) is -3.89. The second-order valence-electron chi connectivity index (χ2n) is 7.82. The van der Waals surface area contributed by atoms with Crippen molar-refractivity contribution in [1.29, 1.82) is 0 Å². The van der Waals surface area contributed by atoms with E-state index in [2.05, 4.69) is 20.0 Å². The number of carbonyl (C=O) groups is 1. The van der Waals surface area contributed by atoms with Gasteiger partial charge in [0.05, 0.1) is 4.90 Å². The van der Waals surface area contributed by atoms with Crippen LogP contribution in [0.1, 0.15) is 27.3 Å². The Kier molecular flexibility index (Phi) is 7.07. The maximum Gasteiger partial charge on any atom is 0.264 e. The highest BCUT2D eigenvalue weighted by Gasteiger charge is 2.17. The van der Waals surface area contributed by atoms with Crippen LogP contribution < -0.4 is 14.8 Å². The summed E-state index contributed by atoms with van der Waals surface area (Å²) in [5.74, 6) is 0.392. The molecule has 4 aromatic rings. The van der Waals surface area contributed by atoms with E-state index in [9.17, 15) is 13.2 Å². The number of ether oxygens (including phenoxy) is 1. The van der Waals surface area contributed by atoms with E-state index >= 15 is 0 Å². The highest BCUT2D eigenvalue weighted by atomic mass is 32.2. The fraction of sp³-hybridized carbons (Fsp3) is 0.115. The Labute approximate surface area is 204 Å². The molecule has 0 fully saturated rings. The van der Waals surface area contributed by atoms with Gasteiger partial charge in [0.15, 0.2) is 0 Å². The average Bonchev–Trinajstić information content (AvgIpc) is 2.83. The van der Waals surface area contributed by atoms with Gasteiger partial charge in [0.2, 0.25) is 5.95 Å². The number of carbonyl (C=O) groups excluding carboxylic acids is 1. The quantitative estimate of drug-likeness (QED) is 0.371. The smallest absolute Gasteiger partial charge is 0.264 e. The molecule has 178 valence electrons. The zero-order chi connectivity index (χ0) is 24.8. The monoisotopic (exact) mass is 488 g/mol. The number of aryl methyl sites for hydroxylation is 2. The first-order chi connectivity index (χ1) is 16.8. The molecule has 1 amide bonds. The van der Waals surface area contributed by atoms with E-state index in [0.29, 0.717) is 28.4 Å². The molecule has 3 aromatic carbocycles. The van der Waals surface area contributed by atoms with Crippen LogP contribution in [0.2, 0.25) is 0 Å². The number of rotatable bonds is 8. The Morgan fingerprint density at radius 1 is 0.857 bits per heavy atom. The van der Waals surface area contributed by atoms with Gasteiger partial charge in [0.25, 0.3) is 15.9 Å². The van der Waals surface area contributed by atoms with E-state index in [0.717, 1.165) is 5.56 Å². The molecule has 0 aliphatic rings. The van der Waals surface area contributed by atoms with Crippen LogP contribution in [0.4, 0.5) is 11.6 Å².